The Bertz CT molecular complexity index is 433. The number of ether oxygens (including phenoxy) is 3. The van der Waals surface area contributed by atoms with Crippen LogP contribution in [0.3, 0.4) is 0 Å². The van der Waals surface area contributed by atoms with Crippen LogP contribution in [0.2, 0.25) is 0 Å². The first-order chi connectivity index (χ1) is 9.28. The second-order valence-electron chi connectivity index (χ2n) is 4.93. The van der Waals surface area contributed by atoms with Crippen molar-refractivity contribution >= 4 is 0 Å². The van der Waals surface area contributed by atoms with Crippen LogP contribution < -0.4 is 0 Å². The van der Waals surface area contributed by atoms with Crippen LogP contribution in [0.4, 0.5) is 0 Å². The number of hydrogen-bond acceptors (Lipinski definition) is 4. The van der Waals surface area contributed by atoms with Crippen molar-refractivity contribution in [2.45, 2.75) is 37.1 Å². The van der Waals surface area contributed by atoms with Gasteiger partial charge in [0.1, 0.15) is 12.2 Å². The number of benzene rings is 1. The maximum atomic E-state index is 9.95. The van der Waals surface area contributed by atoms with Crippen LogP contribution in [0.25, 0.3) is 0 Å². The maximum absolute atomic E-state index is 9.95. The number of aliphatic hydroxyl groups excluding tert-OH is 1. The standard InChI is InChI=1S/C15H18O4/c1-2-12-11(16)8-13-14(18-12)9-17-15(19-13)10-6-4-3-5-7-10/h2-7,11-16H,1,8-9H2. The molecule has 1 aromatic carbocycles. The van der Waals surface area contributed by atoms with Gasteiger partial charge in [-0.1, -0.05) is 36.4 Å². The molecule has 5 unspecified atom stereocenters. The molecule has 0 aliphatic carbocycles. The zero-order chi connectivity index (χ0) is 13.2. The first-order valence-electron chi connectivity index (χ1n) is 6.56. The third kappa shape index (κ3) is 2.58. The second-order valence-corrected chi connectivity index (χ2v) is 4.93. The second kappa shape index (κ2) is 5.43. The van der Waals surface area contributed by atoms with E-state index in [2.05, 4.69) is 6.58 Å². The minimum atomic E-state index is -0.562. The fourth-order valence-electron chi connectivity index (χ4n) is 2.57. The smallest absolute Gasteiger partial charge is 0.184 e. The Labute approximate surface area is 112 Å². The zero-order valence-electron chi connectivity index (χ0n) is 10.6. The molecule has 3 rings (SSSR count). The van der Waals surface area contributed by atoms with E-state index in [1.165, 1.54) is 0 Å². The quantitative estimate of drug-likeness (QED) is 0.826. The number of hydrogen-bond donors (Lipinski definition) is 1. The van der Waals surface area contributed by atoms with Crippen molar-refractivity contribution in [1.82, 2.24) is 0 Å². The average molecular weight is 262 g/mol. The normalized spacial score (nSPS) is 38.5. The molecule has 4 nitrogen and oxygen atoms in total. The highest BCUT2D eigenvalue weighted by molar-refractivity contribution is 5.16. The van der Waals surface area contributed by atoms with Crippen LogP contribution in [-0.2, 0) is 14.2 Å². The zero-order valence-corrected chi connectivity index (χ0v) is 10.6. The van der Waals surface area contributed by atoms with E-state index in [0.29, 0.717) is 13.0 Å². The van der Waals surface area contributed by atoms with Crippen molar-refractivity contribution in [3.05, 3.63) is 48.6 Å². The van der Waals surface area contributed by atoms with E-state index in [1.807, 2.05) is 30.3 Å². The van der Waals surface area contributed by atoms with Gasteiger partial charge >= 0.3 is 0 Å². The molecule has 5 atom stereocenters. The first-order valence-corrected chi connectivity index (χ1v) is 6.56. The third-order valence-corrected chi connectivity index (χ3v) is 3.61. The first kappa shape index (κ1) is 12.8. The van der Waals surface area contributed by atoms with Gasteiger partial charge in [-0.3, -0.25) is 0 Å². The van der Waals surface area contributed by atoms with Crippen LogP contribution in [0.1, 0.15) is 18.3 Å². The van der Waals surface area contributed by atoms with Gasteiger partial charge in [-0.25, -0.2) is 0 Å². The Morgan fingerprint density at radius 3 is 2.68 bits per heavy atom. The molecule has 0 saturated carbocycles. The van der Waals surface area contributed by atoms with E-state index in [0.717, 1.165) is 5.56 Å². The summed E-state index contributed by atoms with van der Waals surface area (Å²) < 4.78 is 17.3. The van der Waals surface area contributed by atoms with Crippen LogP contribution in [-0.4, -0.2) is 36.1 Å². The summed E-state index contributed by atoms with van der Waals surface area (Å²) in [6, 6.07) is 9.80. The summed E-state index contributed by atoms with van der Waals surface area (Å²) >= 11 is 0. The fraction of sp³-hybridized carbons (Fsp3) is 0.467. The number of rotatable bonds is 2. The van der Waals surface area contributed by atoms with Gasteiger partial charge in [0.25, 0.3) is 0 Å². The molecule has 2 fully saturated rings. The lowest BCUT2D eigenvalue weighted by atomic mass is 9.97. The monoisotopic (exact) mass is 262 g/mol. The van der Waals surface area contributed by atoms with Crippen LogP contribution in [0, 0.1) is 0 Å². The summed E-state index contributed by atoms with van der Waals surface area (Å²) in [7, 11) is 0. The van der Waals surface area contributed by atoms with Gasteiger partial charge in [-0.15, -0.1) is 6.58 Å². The van der Waals surface area contributed by atoms with Crippen molar-refractivity contribution in [2.24, 2.45) is 0 Å². The van der Waals surface area contributed by atoms with Gasteiger partial charge in [-0.2, -0.15) is 0 Å². The topological polar surface area (TPSA) is 47.9 Å². The summed E-state index contributed by atoms with van der Waals surface area (Å²) in [5.41, 5.74) is 0.987. The van der Waals surface area contributed by atoms with Gasteiger partial charge in [0.05, 0.1) is 18.8 Å². The van der Waals surface area contributed by atoms with Gasteiger partial charge in [0.15, 0.2) is 6.29 Å². The Morgan fingerprint density at radius 2 is 1.95 bits per heavy atom. The molecule has 0 spiro atoms. The third-order valence-electron chi connectivity index (χ3n) is 3.61. The lowest BCUT2D eigenvalue weighted by Gasteiger charge is -2.43. The van der Waals surface area contributed by atoms with Crippen LogP contribution >= 0.6 is 0 Å². The molecule has 1 N–H and O–H groups in total. The Balaban J connectivity index is 1.69. The van der Waals surface area contributed by atoms with Gasteiger partial charge in [0, 0.05) is 12.0 Å². The summed E-state index contributed by atoms with van der Waals surface area (Å²) in [6.45, 7) is 4.14. The Hall–Kier alpha value is -1.20. The van der Waals surface area contributed by atoms with Crippen LogP contribution in [0.5, 0.6) is 0 Å². The maximum Gasteiger partial charge on any atom is 0.184 e. The van der Waals surface area contributed by atoms with E-state index in [-0.39, 0.29) is 24.6 Å². The van der Waals surface area contributed by atoms with Crippen molar-refractivity contribution < 1.29 is 19.3 Å². The molecule has 0 amide bonds. The van der Waals surface area contributed by atoms with Gasteiger partial charge in [0.2, 0.25) is 0 Å². The van der Waals surface area contributed by atoms with Gasteiger partial charge in [-0.05, 0) is 0 Å². The predicted molar refractivity (Wildman–Crippen MR) is 69.5 cm³/mol. The highest BCUT2D eigenvalue weighted by Gasteiger charge is 2.41. The molecule has 2 saturated heterocycles. The van der Waals surface area contributed by atoms with Crippen molar-refractivity contribution in [1.29, 1.82) is 0 Å². The summed E-state index contributed by atoms with van der Waals surface area (Å²) in [4.78, 5) is 0. The van der Waals surface area contributed by atoms with E-state index in [4.69, 9.17) is 14.2 Å². The molecular weight excluding hydrogens is 244 g/mol. The average Bonchev–Trinajstić information content (AvgIpc) is 2.47. The molecule has 4 heteroatoms. The summed E-state index contributed by atoms with van der Waals surface area (Å²) in [6.07, 6.45) is 0.642. The van der Waals surface area contributed by atoms with E-state index >= 15 is 0 Å². The molecule has 2 heterocycles. The minimum absolute atomic E-state index is 0.133. The van der Waals surface area contributed by atoms with Crippen molar-refractivity contribution in [2.75, 3.05) is 6.61 Å². The van der Waals surface area contributed by atoms with E-state index in [1.54, 1.807) is 6.08 Å². The lowest BCUT2D eigenvalue weighted by molar-refractivity contribution is -0.296. The SMILES string of the molecule is C=CC1OC2COC(c3ccccc3)OC2CC1O. The van der Waals surface area contributed by atoms with E-state index < -0.39 is 6.10 Å². The van der Waals surface area contributed by atoms with Crippen molar-refractivity contribution in [3.63, 3.8) is 0 Å². The number of aliphatic hydroxyl groups is 1. The lowest BCUT2D eigenvalue weighted by Crippen LogP contribution is -2.52. The molecule has 102 valence electrons. The molecule has 19 heavy (non-hydrogen) atoms. The molecule has 0 radical (unpaired) electrons. The Kier molecular flexibility index (Phi) is 3.66. The molecule has 0 bridgehead atoms. The summed E-state index contributed by atoms with van der Waals surface area (Å²) in [5.74, 6) is 0. The highest BCUT2D eigenvalue weighted by atomic mass is 16.7. The highest BCUT2D eigenvalue weighted by Crippen LogP contribution is 2.33. The Morgan fingerprint density at radius 1 is 1.16 bits per heavy atom. The fourth-order valence-corrected chi connectivity index (χ4v) is 2.57. The van der Waals surface area contributed by atoms with E-state index in [9.17, 15) is 5.11 Å². The predicted octanol–water partition coefficient (Wildman–Crippen LogP) is 1.81. The number of fused-ring (bicyclic) bond motifs is 1. The van der Waals surface area contributed by atoms with Crippen molar-refractivity contribution in [3.8, 4) is 0 Å². The van der Waals surface area contributed by atoms with Crippen LogP contribution in [0.15, 0.2) is 43.0 Å². The molecular formula is C15H18O4. The molecule has 2 aliphatic heterocycles. The minimum Gasteiger partial charge on any atom is -0.390 e. The largest absolute Gasteiger partial charge is 0.390 e. The summed E-state index contributed by atoms with van der Waals surface area (Å²) in [5, 5.41) is 9.95. The molecule has 2 aliphatic rings. The molecule has 1 aromatic rings. The molecule has 0 aromatic heterocycles. The van der Waals surface area contributed by atoms with Gasteiger partial charge < -0.3 is 19.3 Å².